The molecule has 0 saturated heterocycles. The molecule has 2 aromatic rings. The van der Waals surface area contributed by atoms with Crippen molar-refractivity contribution in [1.82, 2.24) is 4.98 Å². The predicted octanol–water partition coefficient (Wildman–Crippen LogP) is 3.49. The molecule has 0 amide bonds. The fourth-order valence-electron chi connectivity index (χ4n) is 1.38. The van der Waals surface area contributed by atoms with E-state index in [-0.39, 0.29) is 0 Å². The number of benzene rings is 1. The second-order valence-electron chi connectivity index (χ2n) is 3.07. The summed E-state index contributed by atoms with van der Waals surface area (Å²) in [6.07, 6.45) is 3.59. The number of pyridine rings is 1. The van der Waals surface area contributed by atoms with Crippen molar-refractivity contribution in [2.45, 2.75) is 5.88 Å². The fraction of sp³-hybridized carbons (Fsp3) is 0.0833. The Balaban J connectivity index is 2.42. The lowest BCUT2D eigenvalue weighted by Gasteiger charge is -2.02. The van der Waals surface area contributed by atoms with Crippen LogP contribution in [0.15, 0.2) is 48.8 Å². The Hall–Kier alpha value is -1.34. The molecule has 0 N–H and O–H groups in total. The molecule has 0 unspecified atom stereocenters. The van der Waals surface area contributed by atoms with Crippen LogP contribution in [0.1, 0.15) is 5.56 Å². The van der Waals surface area contributed by atoms with Gasteiger partial charge in [0.05, 0.1) is 0 Å². The molecule has 0 saturated carbocycles. The van der Waals surface area contributed by atoms with Crippen molar-refractivity contribution < 1.29 is 0 Å². The normalized spacial score (nSPS) is 10.1. The average molecular weight is 204 g/mol. The molecule has 0 bridgehead atoms. The van der Waals surface area contributed by atoms with E-state index in [4.69, 9.17) is 11.6 Å². The van der Waals surface area contributed by atoms with Gasteiger partial charge < -0.3 is 0 Å². The van der Waals surface area contributed by atoms with Gasteiger partial charge in [0.25, 0.3) is 0 Å². The molecule has 1 heterocycles. The minimum atomic E-state index is 0.554. The van der Waals surface area contributed by atoms with Gasteiger partial charge in [0.15, 0.2) is 0 Å². The summed E-state index contributed by atoms with van der Waals surface area (Å²) in [7, 11) is 0. The highest BCUT2D eigenvalue weighted by molar-refractivity contribution is 6.17. The smallest absolute Gasteiger partial charge is 0.0474 e. The molecule has 0 aliphatic carbocycles. The van der Waals surface area contributed by atoms with Crippen LogP contribution in [0.25, 0.3) is 11.1 Å². The molecule has 1 nitrogen and oxygen atoms in total. The Morgan fingerprint density at radius 3 is 2.50 bits per heavy atom. The number of nitrogens with zero attached hydrogens (tertiary/aromatic N) is 1. The Morgan fingerprint density at radius 1 is 1.00 bits per heavy atom. The van der Waals surface area contributed by atoms with Crippen molar-refractivity contribution in [2.24, 2.45) is 0 Å². The van der Waals surface area contributed by atoms with Gasteiger partial charge in [-0.2, -0.15) is 0 Å². The summed E-state index contributed by atoms with van der Waals surface area (Å²) in [6.45, 7) is 0. The van der Waals surface area contributed by atoms with Crippen molar-refractivity contribution in [3.8, 4) is 11.1 Å². The summed E-state index contributed by atoms with van der Waals surface area (Å²) in [6, 6.07) is 12.2. The highest BCUT2D eigenvalue weighted by atomic mass is 35.5. The molecule has 70 valence electrons. The summed E-state index contributed by atoms with van der Waals surface area (Å²) in [4.78, 5) is 3.99. The van der Waals surface area contributed by atoms with Gasteiger partial charge in [-0.1, -0.05) is 18.2 Å². The predicted molar refractivity (Wildman–Crippen MR) is 59.2 cm³/mol. The summed E-state index contributed by atoms with van der Waals surface area (Å²) >= 11 is 5.77. The summed E-state index contributed by atoms with van der Waals surface area (Å²) in [5.41, 5.74) is 3.50. The first-order chi connectivity index (χ1) is 6.90. The van der Waals surface area contributed by atoms with Gasteiger partial charge in [-0.25, -0.2) is 0 Å². The minimum absolute atomic E-state index is 0.554. The van der Waals surface area contributed by atoms with E-state index < -0.39 is 0 Å². The first-order valence-electron chi connectivity index (χ1n) is 4.45. The Kier molecular flexibility index (Phi) is 2.80. The quantitative estimate of drug-likeness (QED) is 0.681. The lowest BCUT2D eigenvalue weighted by Crippen LogP contribution is -1.81. The molecule has 0 aliphatic rings. The zero-order valence-electron chi connectivity index (χ0n) is 7.65. The van der Waals surface area contributed by atoms with E-state index >= 15 is 0 Å². The van der Waals surface area contributed by atoms with E-state index in [1.807, 2.05) is 24.3 Å². The van der Waals surface area contributed by atoms with E-state index in [1.54, 1.807) is 12.4 Å². The van der Waals surface area contributed by atoms with Crippen molar-refractivity contribution in [3.63, 3.8) is 0 Å². The molecule has 2 heteroatoms. The molecule has 1 aromatic heterocycles. The lowest BCUT2D eigenvalue weighted by atomic mass is 10.1. The molecule has 0 fully saturated rings. The zero-order valence-corrected chi connectivity index (χ0v) is 8.41. The molecule has 0 aliphatic heterocycles. The molecule has 2 rings (SSSR count). The van der Waals surface area contributed by atoms with E-state index in [2.05, 4.69) is 17.1 Å². The summed E-state index contributed by atoms with van der Waals surface area (Å²) in [5.74, 6) is 0.554. The van der Waals surface area contributed by atoms with Gasteiger partial charge in [-0.15, -0.1) is 11.6 Å². The van der Waals surface area contributed by atoms with Crippen molar-refractivity contribution in [1.29, 1.82) is 0 Å². The highest BCUT2D eigenvalue weighted by Gasteiger charge is 1.97. The third kappa shape index (κ3) is 1.94. The minimum Gasteiger partial charge on any atom is -0.265 e. The number of aromatic nitrogens is 1. The summed E-state index contributed by atoms with van der Waals surface area (Å²) in [5, 5.41) is 0. The standard InChI is InChI=1S/C12H10ClN/c13-9-10-2-1-3-12(8-10)11-4-6-14-7-5-11/h1-8H,9H2. The van der Waals surface area contributed by atoms with E-state index in [1.165, 1.54) is 11.1 Å². The molecule has 14 heavy (non-hydrogen) atoms. The van der Waals surface area contributed by atoms with Crippen molar-refractivity contribution >= 4 is 11.6 Å². The molecule has 0 spiro atoms. The summed E-state index contributed by atoms with van der Waals surface area (Å²) < 4.78 is 0. The van der Waals surface area contributed by atoms with Crippen LogP contribution in [0.4, 0.5) is 0 Å². The highest BCUT2D eigenvalue weighted by Crippen LogP contribution is 2.19. The maximum Gasteiger partial charge on any atom is 0.0474 e. The van der Waals surface area contributed by atoms with Crippen LogP contribution in [0.3, 0.4) is 0 Å². The van der Waals surface area contributed by atoms with Crippen LogP contribution in [-0.2, 0) is 5.88 Å². The number of hydrogen-bond acceptors (Lipinski definition) is 1. The average Bonchev–Trinajstić information content (AvgIpc) is 2.30. The number of halogens is 1. The second-order valence-corrected chi connectivity index (χ2v) is 3.34. The topological polar surface area (TPSA) is 12.9 Å². The third-order valence-corrected chi connectivity index (χ3v) is 2.40. The number of alkyl halides is 1. The van der Waals surface area contributed by atoms with Crippen LogP contribution in [0.5, 0.6) is 0 Å². The fourth-order valence-corrected chi connectivity index (χ4v) is 1.54. The van der Waals surface area contributed by atoms with Crippen molar-refractivity contribution in [2.75, 3.05) is 0 Å². The molecule has 0 radical (unpaired) electrons. The Bertz CT molecular complexity index is 412. The lowest BCUT2D eigenvalue weighted by molar-refractivity contribution is 1.32. The van der Waals surface area contributed by atoms with E-state index in [0.717, 1.165) is 5.56 Å². The van der Waals surface area contributed by atoms with Gasteiger partial charge >= 0.3 is 0 Å². The van der Waals surface area contributed by atoms with Crippen LogP contribution in [0.2, 0.25) is 0 Å². The Morgan fingerprint density at radius 2 is 1.79 bits per heavy atom. The molecule has 0 atom stereocenters. The van der Waals surface area contributed by atoms with Crippen LogP contribution >= 0.6 is 11.6 Å². The van der Waals surface area contributed by atoms with E-state index in [0.29, 0.717) is 5.88 Å². The first kappa shape index (κ1) is 9.22. The van der Waals surface area contributed by atoms with Gasteiger partial charge in [0.1, 0.15) is 0 Å². The van der Waals surface area contributed by atoms with Gasteiger partial charge in [-0.05, 0) is 34.9 Å². The third-order valence-electron chi connectivity index (χ3n) is 2.09. The van der Waals surface area contributed by atoms with E-state index in [9.17, 15) is 0 Å². The van der Waals surface area contributed by atoms with Crippen molar-refractivity contribution in [3.05, 3.63) is 54.4 Å². The maximum atomic E-state index is 5.77. The first-order valence-corrected chi connectivity index (χ1v) is 4.99. The molecule has 1 aromatic carbocycles. The Labute approximate surface area is 88.4 Å². The molecular formula is C12H10ClN. The van der Waals surface area contributed by atoms with Crippen LogP contribution < -0.4 is 0 Å². The SMILES string of the molecule is ClCc1cccc(-c2ccncc2)c1. The maximum absolute atomic E-state index is 5.77. The largest absolute Gasteiger partial charge is 0.265 e. The second kappa shape index (κ2) is 4.25. The van der Waals surface area contributed by atoms with Crippen LogP contribution in [0, 0.1) is 0 Å². The van der Waals surface area contributed by atoms with Gasteiger partial charge in [-0.3, -0.25) is 4.98 Å². The molecular weight excluding hydrogens is 194 g/mol. The number of hydrogen-bond donors (Lipinski definition) is 0. The monoisotopic (exact) mass is 203 g/mol. The van der Waals surface area contributed by atoms with Crippen LogP contribution in [-0.4, -0.2) is 4.98 Å². The van der Waals surface area contributed by atoms with Gasteiger partial charge in [0, 0.05) is 18.3 Å². The number of rotatable bonds is 2. The zero-order chi connectivity index (χ0) is 9.80. The van der Waals surface area contributed by atoms with Gasteiger partial charge in [0.2, 0.25) is 0 Å².